The lowest BCUT2D eigenvalue weighted by atomic mass is 10.4. The second-order valence-corrected chi connectivity index (χ2v) is 8.52. The molecule has 0 N–H and O–H groups in total. The minimum Gasteiger partial charge on any atom is -0.207 e. The fraction of sp³-hybridized carbons (Fsp3) is 0.400. The number of benzene rings is 1. The fourth-order valence-corrected chi connectivity index (χ4v) is 4.14. The minimum atomic E-state index is -3.82. The third kappa shape index (κ3) is 2.69. The van der Waals surface area contributed by atoms with Gasteiger partial charge in [-0.15, -0.1) is 0 Å². The highest BCUT2D eigenvalue weighted by Crippen LogP contribution is 2.23. The van der Waals surface area contributed by atoms with Gasteiger partial charge in [-0.3, -0.25) is 0 Å². The first kappa shape index (κ1) is 13.8. The van der Waals surface area contributed by atoms with Crippen LogP contribution in [0, 0.1) is 0 Å². The van der Waals surface area contributed by atoms with Crippen LogP contribution in [0.25, 0.3) is 0 Å². The fourth-order valence-electron chi connectivity index (χ4n) is 1.85. The summed E-state index contributed by atoms with van der Waals surface area (Å²) in [6.07, 6.45) is 1.71. The summed E-state index contributed by atoms with van der Waals surface area (Å²) in [5, 5.41) is 0. The molecule has 0 radical (unpaired) electrons. The highest BCUT2D eigenvalue weighted by molar-refractivity contribution is 8.13. The molecule has 1 saturated heterocycles. The van der Waals surface area contributed by atoms with Gasteiger partial charge < -0.3 is 0 Å². The van der Waals surface area contributed by atoms with Crippen molar-refractivity contribution in [3.8, 4) is 0 Å². The van der Waals surface area contributed by atoms with Crippen LogP contribution in [0.2, 0.25) is 0 Å². The van der Waals surface area contributed by atoms with Crippen LogP contribution >= 0.6 is 10.7 Å². The van der Waals surface area contributed by atoms with Crippen molar-refractivity contribution in [1.29, 1.82) is 0 Å². The summed E-state index contributed by atoms with van der Waals surface area (Å²) >= 11 is 0. The van der Waals surface area contributed by atoms with E-state index in [4.69, 9.17) is 10.7 Å². The molecule has 0 unspecified atom stereocenters. The van der Waals surface area contributed by atoms with Crippen LogP contribution in [0.15, 0.2) is 34.1 Å². The van der Waals surface area contributed by atoms with Gasteiger partial charge in [0, 0.05) is 23.8 Å². The summed E-state index contributed by atoms with van der Waals surface area (Å²) in [6.45, 7) is 1.02. The second-order valence-electron chi connectivity index (χ2n) is 4.02. The van der Waals surface area contributed by atoms with Crippen molar-refractivity contribution in [2.24, 2.45) is 0 Å². The summed E-state index contributed by atoms with van der Waals surface area (Å²) in [4.78, 5) is -0.0157. The van der Waals surface area contributed by atoms with Crippen LogP contribution in [0.4, 0.5) is 0 Å². The Balaban J connectivity index is 2.35. The van der Waals surface area contributed by atoms with Crippen LogP contribution in [-0.4, -0.2) is 34.2 Å². The van der Waals surface area contributed by atoms with Gasteiger partial charge in [0.15, 0.2) is 0 Å². The van der Waals surface area contributed by atoms with Gasteiger partial charge in [-0.05, 0) is 37.1 Å². The van der Waals surface area contributed by atoms with Gasteiger partial charge in [0.05, 0.1) is 9.79 Å². The summed E-state index contributed by atoms with van der Waals surface area (Å²) in [5.41, 5.74) is 0. The van der Waals surface area contributed by atoms with Crippen molar-refractivity contribution < 1.29 is 16.8 Å². The summed E-state index contributed by atoms with van der Waals surface area (Å²) < 4.78 is 47.8. The zero-order chi connectivity index (χ0) is 13.4. The van der Waals surface area contributed by atoms with Crippen LogP contribution in [0.5, 0.6) is 0 Å². The maximum atomic E-state index is 12.1. The third-order valence-electron chi connectivity index (χ3n) is 2.81. The Bertz CT molecular complexity index is 631. The lowest BCUT2D eigenvalue weighted by Crippen LogP contribution is -2.27. The van der Waals surface area contributed by atoms with E-state index in [-0.39, 0.29) is 9.79 Å². The topological polar surface area (TPSA) is 71.5 Å². The molecule has 0 amide bonds. The lowest BCUT2D eigenvalue weighted by molar-refractivity contribution is 0.477. The predicted octanol–water partition coefficient (Wildman–Crippen LogP) is 1.40. The molecule has 2 rings (SSSR count). The van der Waals surface area contributed by atoms with E-state index in [2.05, 4.69) is 0 Å². The van der Waals surface area contributed by atoms with Gasteiger partial charge in [-0.1, -0.05) is 0 Å². The molecule has 0 atom stereocenters. The molecule has 0 aromatic heterocycles. The minimum absolute atomic E-state index is 0.0912. The molecular formula is C10H12ClNO4S2. The lowest BCUT2D eigenvalue weighted by Gasteiger charge is -2.15. The van der Waals surface area contributed by atoms with E-state index in [1.165, 1.54) is 28.6 Å². The zero-order valence-electron chi connectivity index (χ0n) is 9.41. The number of rotatable bonds is 3. The zero-order valence-corrected chi connectivity index (χ0v) is 11.8. The molecule has 0 spiro atoms. The number of hydrogen-bond donors (Lipinski definition) is 0. The molecule has 1 fully saturated rings. The standard InChI is InChI=1S/C10H12ClNO4S2/c11-17(13,14)9-3-5-10(6-4-9)18(15,16)12-7-1-2-8-12/h3-6H,1-2,7-8H2. The molecule has 0 aliphatic carbocycles. The van der Waals surface area contributed by atoms with Crippen molar-refractivity contribution in [3.05, 3.63) is 24.3 Å². The van der Waals surface area contributed by atoms with Crippen molar-refractivity contribution in [2.45, 2.75) is 22.6 Å². The molecule has 8 heteroatoms. The Labute approximate surface area is 111 Å². The normalized spacial score (nSPS) is 18.1. The Morgan fingerprint density at radius 1 is 0.889 bits per heavy atom. The summed E-state index contributed by atoms with van der Waals surface area (Å²) in [6, 6.07) is 4.93. The highest BCUT2D eigenvalue weighted by Gasteiger charge is 2.27. The van der Waals surface area contributed by atoms with Crippen LogP contribution in [0.3, 0.4) is 0 Å². The van der Waals surface area contributed by atoms with E-state index in [1.54, 1.807) is 0 Å². The maximum absolute atomic E-state index is 12.1. The predicted molar refractivity (Wildman–Crippen MR) is 67.5 cm³/mol. The maximum Gasteiger partial charge on any atom is 0.261 e. The van der Waals surface area contributed by atoms with Gasteiger partial charge in [0.2, 0.25) is 10.0 Å². The van der Waals surface area contributed by atoms with Crippen LogP contribution in [0.1, 0.15) is 12.8 Å². The van der Waals surface area contributed by atoms with Gasteiger partial charge in [-0.25, -0.2) is 16.8 Å². The molecule has 1 aromatic rings. The van der Waals surface area contributed by atoms with Gasteiger partial charge in [-0.2, -0.15) is 4.31 Å². The first-order valence-electron chi connectivity index (χ1n) is 5.37. The van der Waals surface area contributed by atoms with Gasteiger partial charge >= 0.3 is 0 Å². The van der Waals surface area contributed by atoms with Crippen LogP contribution in [-0.2, 0) is 19.1 Å². The number of nitrogens with zero attached hydrogens (tertiary/aromatic N) is 1. The number of hydrogen-bond acceptors (Lipinski definition) is 4. The second kappa shape index (κ2) is 4.80. The van der Waals surface area contributed by atoms with Crippen molar-refractivity contribution >= 4 is 29.8 Å². The molecule has 0 bridgehead atoms. The largest absolute Gasteiger partial charge is 0.261 e. The first-order valence-corrected chi connectivity index (χ1v) is 9.12. The van der Waals surface area contributed by atoms with Crippen molar-refractivity contribution in [2.75, 3.05) is 13.1 Å². The molecule has 5 nitrogen and oxygen atoms in total. The summed E-state index contributed by atoms with van der Waals surface area (Å²) in [5.74, 6) is 0. The smallest absolute Gasteiger partial charge is 0.207 e. The van der Waals surface area contributed by atoms with E-state index < -0.39 is 19.1 Å². The molecule has 0 saturated carbocycles. The van der Waals surface area contributed by atoms with Crippen LogP contribution < -0.4 is 0 Å². The van der Waals surface area contributed by atoms with E-state index in [0.717, 1.165) is 12.8 Å². The van der Waals surface area contributed by atoms with Gasteiger partial charge in [0.25, 0.3) is 9.05 Å². The summed E-state index contributed by atoms with van der Waals surface area (Å²) in [7, 11) is -2.16. The molecule has 18 heavy (non-hydrogen) atoms. The quantitative estimate of drug-likeness (QED) is 0.791. The highest BCUT2D eigenvalue weighted by atomic mass is 35.7. The Kier molecular flexibility index (Phi) is 3.68. The third-order valence-corrected chi connectivity index (χ3v) is 6.09. The molecule has 1 heterocycles. The van der Waals surface area contributed by atoms with Gasteiger partial charge in [0.1, 0.15) is 0 Å². The Hall–Kier alpha value is -0.630. The monoisotopic (exact) mass is 309 g/mol. The van der Waals surface area contributed by atoms with Crippen molar-refractivity contribution in [1.82, 2.24) is 4.31 Å². The Morgan fingerprint density at radius 3 is 1.78 bits per heavy atom. The van der Waals surface area contributed by atoms with E-state index in [1.807, 2.05) is 0 Å². The first-order chi connectivity index (χ1) is 8.32. The molecular weight excluding hydrogens is 298 g/mol. The average Bonchev–Trinajstić information content (AvgIpc) is 2.82. The molecule has 100 valence electrons. The molecule has 1 aliphatic heterocycles. The van der Waals surface area contributed by atoms with E-state index >= 15 is 0 Å². The SMILES string of the molecule is O=S(=O)(Cl)c1ccc(S(=O)(=O)N2CCCC2)cc1. The van der Waals surface area contributed by atoms with E-state index in [9.17, 15) is 16.8 Å². The Morgan fingerprint density at radius 2 is 1.33 bits per heavy atom. The number of sulfonamides is 1. The average molecular weight is 310 g/mol. The molecule has 1 aliphatic rings. The number of halogens is 1. The van der Waals surface area contributed by atoms with Crippen molar-refractivity contribution in [3.63, 3.8) is 0 Å². The molecule has 1 aromatic carbocycles. The van der Waals surface area contributed by atoms with E-state index in [0.29, 0.717) is 13.1 Å².